The summed E-state index contributed by atoms with van der Waals surface area (Å²) < 4.78 is 0. The van der Waals surface area contributed by atoms with Gasteiger partial charge in [0.1, 0.15) is 0 Å². The number of rotatable bonds is 33. The van der Waals surface area contributed by atoms with Crippen LogP contribution in [0.5, 0.6) is 0 Å². The first kappa shape index (κ1) is 51.7. The van der Waals surface area contributed by atoms with Crippen molar-refractivity contribution in [1.29, 1.82) is 0 Å². The van der Waals surface area contributed by atoms with Gasteiger partial charge in [-0.15, -0.1) is 0 Å². The number of aliphatic imine (C=N–C) groups is 2. The van der Waals surface area contributed by atoms with Gasteiger partial charge in [0, 0.05) is 16.5 Å². The van der Waals surface area contributed by atoms with Crippen LogP contribution in [0.3, 0.4) is 0 Å². The Morgan fingerprint density at radius 3 is 0.909 bits per heavy atom. The van der Waals surface area contributed by atoms with E-state index in [2.05, 4.69) is 104 Å². The molecule has 0 saturated carbocycles. The molecule has 0 saturated heterocycles. The van der Waals surface area contributed by atoms with Gasteiger partial charge in [0.25, 0.3) is 0 Å². The maximum absolute atomic E-state index is 5.44. The summed E-state index contributed by atoms with van der Waals surface area (Å²) in [7, 11) is -2.42. The molecule has 2 nitrogen and oxygen atoms in total. The van der Waals surface area contributed by atoms with Crippen molar-refractivity contribution in [2.45, 2.75) is 232 Å². The second kappa shape index (κ2) is 31.7. The Bertz CT molecular complexity index is 1250. The predicted octanol–water partition coefficient (Wildman–Crippen LogP) is 17.6. The third-order valence-electron chi connectivity index (χ3n) is 13.4. The van der Waals surface area contributed by atoms with Crippen molar-refractivity contribution in [3.05, 3.63) is 59.7 Å². The van der Waals surface area contributed by atoms with Gasteiger partial charge >= 0.3 is 0 Å². The van der Waals surface area contributed by atoms with Crippen molar-refractivity contribution in [2.75, 3.05) is 0 Å². The van der Waals surface area contributed by atoms with Gasteiger partial charge in [0.2, 0.25) is 0 Å². The molecule has 0 aliphatic rings. The Morgan fingerprint density at radius 2 is 0.618 bits per heavy atom. The van der Waals surface area contributed by atoms with Crippen molar-refractivity contribution < 1.29 is 16.5 Å². The first-order valence-corrected chi connectivity index (χ1v) is 29.3. The molecule has 0 spiro atoms. The summed E-state index contributed by atoms with van der Waals surface area (Å²) in [5.74, 6) is 0. The number of hydrogen-bond donors (Lipinski definition) is 0. The largest absolute Gasteiger partial charge is 0.252 e. The van der Waals surface area contributed by atoms with Crippen LogP contribution in [0.25, 0.3) is 0 Å². The molecule has 2 aromatic carbocycles. The van der Waals surface area contributed by atoms with Crippen LogP contribution >= 0.6 is 0 Å². The zero-order valence-corrected chi connectivity index (χ0v) is 40.6. The van der Waals surface area contributed by atoms with E-state index >= 15 is 0 Å². The van der Waals surface area contributed by atoms with Gasteiger partial charge < -0.3 is 0 Å². The van der Waals surface area contributed by atoms with E-state index in [1.165, 1.54) is 186 Å². The Kier molecular flexibility index (Phi) is 29.8. The summed E-state index contributed by atoms with van der Waals surface area (Å²) in [6.07, 6.45) is 26.6. The van der Waals surface area contributed by atoms with Crippen molar-refractivity contribution in [3.8, 4) is 0 Å². The topological polar surface area (TPSA) is 24.7 Å². The third-order valence-corrected chi connectivity index (χ3v) is 24.7. The molecule has 0 amide bonds. The van der Waals surface area contributed by atoms with E-state index in [0.29, 0.717) is 0 Å². The Morgan fingerprint density at radius 1 is 0.364 bits per heavy atom. The number of nitrogens with zero attached hydrogens (tertiary/aromatic N) is 2. The van der Waals surface area contributed by atoms with Crippen LogP contribution in [-0.4, -0.2) is 27.6 Å². The summed E-state index contributed by atoms with van der Waals surface area (Å²) >= 11 is 0. The number of hydrogen-bond acceptors (Lipinski definition) is 2. The molecule has 0 fully saturated rings. The standard InChI is InChI=1S/C50H88N2Si2.Ni/c1-9-17-19-20-21-22-23-24-25-26-27-28-29-30-32-34-50(52-48-41-37-46(38-42-48)44-54(14-6,15-7)16-8)49(33-31-18-10-2)51-47-39-35-45(36-40-47)43-53(11-3,12-4)13-5;/h35-42H,9-34,43-44H2,1-8H3;. The van der Waals surface area contributed by atoms with Gasteiger partial charge in [0.05, 0.1) is 38.9 Å². The minimum Gasteiger partial charge on any atom is -0.252 e. The second-order valence-corrected chi connectivity index (χ2v) is 28.0. The van der Waals surface area contributed by atoms with E-state index in [9.17, 15) is 0 Å². The average Bonchev–Trinajstić information content (AvgIpc) is 3.21. The van der Waals surface area contributed by atoms with E-state index in [-0.39, 0.29) is 16.5 Å². The van der Waals surface area contributed by atoms with Gasteiger partial charge in [-0.3, -0.25) is 9.98 Å². The molecular weight excluding hydrogens is 743 g/mol. The molecule has 0 aromatic heterocycles. The van der Waals surface area contributed by atoms with Gasteiger partial charge in [-0.2, -0.15) is 0 Å². The van der Waals surface area contributed by atoms with E-state index in [1.54, 1.807) is 0 Å². The molecule has 0 aliphatic heterocycles. The SMILES string of the molecule is CCCCCCCCCCCCCCCCCC(=Nc1ccc(C[Si](CC)(CC)CC)cc1)C(CCCCC)=Nc1ccc(C[Si](CC)(CC)CC)cc1.[Ni]. The zero-order chi connectivity index (χ0) is 39.3. The van der Waals surface area contributed by atoms with Crippen LogP contribution in [0, 0.1) is 0 Å². The summed E-state index contributed by atoms with van der Waals surface area (Å²) in [6.45, 7) is 19.1. The van der Waals surface area contributed by atoms with E-state index in [1.807, 2.05) is 0 Å². The predicted molar refractivity (Wildman–Crippen MR) is 253 cm³/mol. The van der Waals surface area contributed by atoms with E-state index in [4.69, 9.17) is 9.98 Å². The molecule has 0 aliphatic carbocycles. The maximum atomic E-state index is 5.44. The molecule has 55 heavy (non-hydrogen) atoms. The summed E-state index contributed by atoms with van der Waals surface area (Å²) in [4.78, 5) is 10.9. The summed E-state index contributed by atoms with van der Waals surface area (Å²) in [6, 6.07) is 29.5. The third kappa shape index (κ3) is 20.8. The zero-order valence-electron chi connectivity index (χ0n) is 37.6. The fourth-order valence-electron chi connectivity index (χ4n) is 8.54. The number of benzene rings is 2. The van der Waals surface area contributed by atoms with Crippen LogP contribution in [0.4, 0.5) is 11.4 Å². The normalized spacial score (nSPS) is 12.7. The van der Waals surface area contributed by atoms with Crippen LogP contribution < -0.4 is 0 Å². The molecule has 0 atom stereocenters. The second-order valence-electron chi connectivity index (χ2n) is 17.1. The van der Waals surface area contributed by atoms with Crippen molar-refractivity contribution in [3.63, 3.8) is 0 Å². The first-order chi connectivity index (χ1) is 26.4. The van der Waals surface area contributed by atoms with Crippen LogP contribution in [0.1, 0.15) is 195 Å². The van der Waals surface area contributed by atoms with Crippen LogP contribution in [-0.2, 0) is 28.6 Å². The van der Waals surface area contributed by atoms with E-state index in [0.717, 1.165) is 24.2 Å². The minimum atomic E-state index is -1.21. The average molecular weight is 832 g/mol. The Balaban J connectivity index is 0.0000151. The van der Waals surface area contributed by atoms with Gasteiger partial charge in [-0.05, 0) is 62.0 Å². The van der Waals surface area contributed by atoms with Gasteiger partial charge in [-0.25, -0.2) is 0 Å². The molecular formula is C50H88N2NiSi2. The van der Waals surface area contributed by atoms with E-state index < -0.39 is 16.1 Å². The molecule has 0 heterocycles. The van der Waals surface area contributed by atoms with Crippen molar-refractivity contribution >= 4 is 38.9 Å². The minimum absolute atomic E-state index is 0. The molecule has 5 heteroatoms. The first-order valence-electron chi connectivity index (χ1n) is 23.7. The molecule has 0 bridgehead atoms. The molecule has 0 N–H and O–H groups in total. The fourth-order valence-corrected chi connectivity index (χ4v) is 15.2. The quantitative estimate of drug-likeness (QED) is 0.0389. The Hall–Kier alpha value is -1.29. The van der Waals surface area contributed by atoms with Crippen LogP contribution in [0.15, 0.2) is 58.5 Å². The Labute approximate surface area is 355 Å². The van der Waals surface area contributed by atoms with Crippen molar-refractivity contribution in [1.82, 2.24) is 0 Å². The van der Waals surface area contributed by atoms with Crippen LogP contribution in [0.2, 0.25) is 36.3 Å². The smallest absolute Gasteiger partial charge is 0.0633 e. The monoisotopic (exact) mass is 831 g/mol. The van der Waals surface area contributed by atoms with Gasteiger partial charge in [-0.1, -0.05) is 230 Å². The summed E-state index contributed by atoms with van der Waals surface area (Å²) in [5.41, 5.74) is 7.66. The van der Waals surface area contributed by atoms with Crippen molar-refractivity contribution in [2.24, 2.45) is 9.98 Å². The summed E-state index contributed by atoms with van der Waals surface area (Å²) in [5, 5.41) is 0. The molecule has 0 radical (unpaired) electrons. The maximum Gasteiger partial charge on any atom is 0.0633 e. The molecule has 2 aromatic rings. The molecule has 316 valence electrons. The molecule has 2 rings (SSSR count). The number of unbranched alkanes of at least 4 members (excludes halogenated alkanes) is 16. The molecule has 0 unspecified atom stereocenters. The fraction of sp³-hybridized carbons (Fsp3) is 0.720. The van der Waals surface area contributed by atoms with Gasteiger partial charge in [0.15, 0.2) is 0 Å².